The summed E-state index contributed by atoms with van der Waals surface area (Å²) in [5.74, 6) is 0.892. The van der Waals surface area contributed by atoms with Crippen molar-refractivity contribution in [3.8, 4) is 11.3 Å². The summed E-state index contributed by atoms with van der Waals surface area (Å²) in [5, 5.41) is 6.84. The molecule has 0 unspecified atom stereocenters. The normalized spacial score (nSPS) is 14.0. The van der Waals surface area contributed by atoms with Gasteiger partial charge in [-0.1, -0.05) is 23.7 Å². The summed E-state index contributed by atoms with van der Waals surface area (Å²) in [6.07, 6.45) is 7.58. The molecule has 0 saturated carbocycles. The quantitative estimate of drug-likeness (QED) is 0.801. The van der Waals surface area contributed by atoms with Gasteiger partial charge in [0.2, 0.25) is 0 Å². The van der Waals surface area contributed by atoms with Crippen LogP contribution in [0.15, 0.2) is 47.3 Å². The number of rotatable bonds is 3. The number of carbonyl (C=O) groups excluding carboxylic acids is 1. The maximum Gasteiger partial charge on any atom is 0.273 e. The second-order valence-electron chi connectivity index (χ2n) is 5.94. The molecule has 6 nitrogen and oxygen atoms in total. The molecule has 0 radical (unpaired) electrons. The van der Waals surface area contributed by atoms with Crippen LogP contribution in [-0.2, 0) is 13.0 Å². The number of amides is 1. The molecular formula is C18H18N4O2. The summed E-state index contributed by atoms with van der Waals surface area (Å²) in [6.45, 7) is 0.864. The summed E-state index contributed by atoms with van der Waals surface area (Å²) in [6, 6.07) is 9.34. The fourth-order valence-electron chi connectivity index (χ4n) is 3.06. The first-order valence-corrected chi connectivity index (χ1v) is 8.18. The first kappa shape index (κ1) is 14.7. The van der Waals surface area contributed by atoms with Crippen molar-refractivity contribution in [3.05, 3.63) is 54.3 Å². The van der Waals surface area contributed by atoms with E-state index in [0.717, 1.165) is 48.6 Å². The zero-order valence-corrected chi connectivity index (χ0v) is 13.2. The number of nitrogens with one attached hydrogen (secondary N) is 1. The van der Waals surface area contributed by atoms with Gasteiger partial charge in [-0.3, -0.25) is 4.79 Å². The van der Waals surface area contributed by atoms with Crippen LogP contribution in [0.4, 0.5) is 5.69 Å². The number of aromatic nitrogens is 3. The van der Waals surface area contributed by atoms with Gasteiger partial charge in [-0.15, -0.1) is 0 Å². The Morgan fingerprint density at radius 3 is 2.79 bits per heavy atom. The third kappa shape index (κ3) is 2.82. The molecule has 1 N–H and O–H groups in total. The molecule has 4 rings (SSSR count). The van der Waals surface area contributed by atoms with E-state index in [1.54, 1.807) is 12.3 Å². The Morgan fingerprint density at radius 1 is 1.12 bits per heavy atom. The smallest absolute Gasteiger partial charge is 0.273 e. The molecule has 0 spiro atoms. The molecule has 1 aromatic carbocycles. The van der Waals surface area contributed by atoms with Crippen LogP contribution in [0.1, 0.15) is 35.6 Å². The van der Waals surface area contributed by atoms with Crippen LogP contribution < -0.4 is 5.32 Å². The van der Waals surface area contributed by atoms with Crippen molar-refractivity contribution < 1.29 is 9.32 Å². The van der Waals surface area contributed by atoms with Gasteiger partial charge < -0.3 is 14.4 Å². The molecule has 24 heavy (non-hydrogen) atoms. The highest BCUT2D eigenvalue weighted by atomic mass is 16.5. The third-order valence-corrected chi connectivity index (χ3v) is 4.33. The third-order valence-electron chi connectivity index (χ3n) is 4.33. The molecule has 0 saturated heterocycles. The van der Waals surface area contributed by atoms with E-state index < -0.39 is 0 Å². The van der Waals surface area contributed by atoms with E-state index in [2.05, 4.69) is 15.5 Å². The number of benzene rings is 1. The van der Waals surface area contributed by atoms with E-state index >= 15 is 0 Å². The van der Waals surface area contributed by atoms with Gasteiger partial charge in [0.25, 0.3) is 5.91 Å². The second-order valence-corrected chi connectivity index (χ2v) is 5.94. The summed E-state index contributed by atoms with van der Waals surface area (Å²) >= 11 is 0. The van der Waals surface area contributed by atoms with E-state index in [4.69, 9.17) is 4.52 Å². The van der Waals surface area contributed by atoms with Gasteiger partial charge in [-0.2, -0.15) is 0 Å². The number of nitrogens with zero attached hydrogens (tertiary/aromatic N) is 3. The van der Waals surface area contributed by atoms with Crippen molar-refractivity contribution in [1.29, 1.82) is 0 Å². The SMILES string of the molecule is O=C(Nc1ccc(-c2ccon2)cc1)c1cnc2n1CCCCC2. The van der Waals surface area contributed by atoms with Crippen LogP contribution in [0.25, 0.3) is 11.3 Å². The van der Waals surface area contributed by atoms with Crippen molar-refractivity contribution in [2.24, 2.45) is 0 Å². The molecule has 1 aliphatic rings. The minimum Gasteiger partial charge on any atom is -0.364 e. The van der Waals surface area contributed by atoms with Crippen LogP contribution in [-0.4, -0.2) is 20.6 Å². The van der Waals surface area contributed by atoms with Gasteiger partial charge in [0.05, 0.1) is 6.20 Å². The lowest BCUT2D eigenvalue weighted by Crippen LogP contribution is -2.17. The number of carbonyl (C=O) groups is 1. The lowest BCUT2D eigenvalue weighted by atomic mass is 10.1. The number of anilines is 1. The maximum absolute atomic E-state index is 12.6. The average molecular weight is 322 g/mol. The lowest BCUT2D eigenvalue weighted by Gasteiger charge is -2.09. The van der Waals surface area contributed by atoms with Crippen LogP contribution in [0, 0.1) is 0 Å². The summed E-state index contributed by atoms with van der Waals surface area (Å²) < 4.78 is 6.89. The van der Waals surface area contributed by atoms with Crippen LogP contribution in [0.2, 0.25) is 0 Å². The van der Waals surface area contributed by atoms with Crippen molar-refractivity contribution in [1.82, 2.24) is 14.7 Å². The molecule has 0 atom stereocenters. The Bertz CT molecular complexity index is 835. The number of fused-ring (bicyclic) bond motifs is 1. The van der Waals surface area contributed by atoms with E-state index in [-0.39, 0.29) is 5.91 Å². The number of hydrogen-bond acceptors (Lipinski definition) is 4. The Labute approximate surface area is 139 Å². The fraction of sp³-hybridized carbons (Fsp3) is 0.278. The fourth-order valence-corrected chi connectivity index (χ4v) is 3.06. The highest BCUT2D eigenvalue weighted by molar-refractivity contribution is 6.03. The molecule has 0 fully saturated rings. The maximum atomic E-state index is 12.6. The predicted octanol–water partition coefficient (Wildman–Crippen LogP) is 3.52. The Hall–Kier alpha value is -2.89. The van der Waals surface area contributed by atoms with Gasteiger partial charge >= 0.3 is 0 Å². The van der Waals surface area contributed by atoms with Crippen LogP contribution >= 0.6 is 0 Å². The minimum atomic E-state index is -0.121. The topological polar surface area (TPSA) is 73.0 Å². The Balaban J connectivity index is 1.51. The Kier molecular flexibility index (Phi) is 3.86. The number of imidazole rings is 1. The van der Waals surface area contributed by atoms with Crippen LogP contribution in [0.3, 0.4) is 0 Å². The van der Waals surface area contributed by atoms with Gasteiger partial charge in [-0.05, 0) is 25.0 Å². The first-order chi connectivity index (χ1) is 11.8. The number of hydrogen-bond donors (Lipinski definition) is 1. The van der Waals surface area contributed by atoms with Gasteiger partial charge in [0.1, 0.15) is 23.5 Å². The summed E-state index contributed by atoms with van der Waals surface area (Å²) in [4.78, 5) is 17.0. The van der Waals surface area contributed by atoms with E-state index in [1.807, 2.05) is 28.8 Å². The molecule has 2 aromatic heterocycles. The van der Waals surface area contributed by atoms with E-state index in [0.29, 0.717) is 5.69 Å². The van der Waals surface area contributed by atoms with Crippen molar-refractivity contribution in [2.75, 3.05) is 5.32 Å². The zero-order valence-electron chi connectivity index (χ0n) is 13.2. The van der Waals surface area contributed by atoms with E-state index in [1.165, 1.54) is 12.7 Å². The molecule has 0 bridgehead atoms. The number of aryl methyl sites for hydroxylation is 1. The molecular weight excluding hydrogens is 304 g/mol. The Morgan fingerprint density at radius 2 is 2.00 bits per heavy atom. The molecule has 1 amide bonds. The largest absolute Gasteiger partial charge is 0.364 e. The van der Waals surface area contributed by atoms with Crippen LogP contribution in [0.5, 0.6) is 0 Å². The molecule has 6 heteroatoms. The van der Waals surface area contributed by atoms with Crippen molar-refractivity contribution in [3.63, 3.8) is 0 Å². The highest BCUT2D eigenvalue weighted by Crippen LogP contribution is 2.21. The standard InChI is InChI=1S/C18H18N4O2/c23-18(16-12-19-17-4-2-1-3-10-22(16)17)20-14-7-5-13(6-8-14)15-9-11-24-21-15/h5-9,11-12H,1-4,10H2,(H,20,23). The average Bonchev–Trinajstić information content (AvgIpc) is 3.21. The minimum absolute atomic E-state index is 0.121. The second kappa shape index (κ2) is 6.31. The summed E-state index contributed by atoms with van der Waals surface area (Å²) in [7, 11) is 0. The molecule has 3 aromatic rings. The lowest BCUT2D eigenvalue weighted by molar-refractivity contribution is 0.101. The van der Waals surface area contributed by atoms with Crippen molar-refractivity contribution in [2.45, 2.75) is 32.2 Å². The predicted molar refractivity (Wildman–Crippen MR) is 89.7 cm³/mol. The van der Waals surface area contributed by atoms with E-state index in [9.17, 15) is 4.79 Å². The molecule has 1 aliphatic heterocycles. The molecule has 3 heterocycles. The van der Waals surface area contributed by atoms with Gasteiger partial charge in [-0.25, -0.2) is 4.98 Å². The molecule has 122 valence electrons. The first-order valence-electron chi connectivity index (χ1n) is 8.18. The monoisotopic (exact) mass is 322 g/mol. The van der Waals surface area contributed by atoms with Gasteiger partial charge in [0.15, 0.2) is 0 Å². The summed E-state index contributed by atoms with van der Waals surface area (Å²) in [5.41, 5.74) is 3.10. The molecule has 0 aliphatic carbocycles. The highest BCUT2D eigenvalue weighted by Gasteiger charge is 2.18. The van der Waals surface area contributed by atoms with Gasteiger partial charge in [0, 0.05) is 30.3 Å². The van der Waals surface area contributed by atoms with Crippen molar-refractivity contribution >= 4 is 11.6 Å². The zero-order chi connectivity index (χ0) is 16.4.